The van der Waals surface area contributed by atoms with Gasteiger partial charge >= 0.3 is 0 Å². The number of carbonyl (C=O) groups is 1. The van der Waals surface area contributed by atoms with Crippen LogP contribution >= 0.6 is 11.6 Å². The lowest BCUT2D eigenvalue weighted by molar-refractivity contribution is 0.0651. The minimum atomic E-state index is -0.558. The van der Waals surface area contributed by atoms with Crippen LogP contribution in [0, 0.1) is 5.82 Å². The lowest BCUT2D eigenvalue weighted by Gasteiger charge is -2.39. The molecule has 0 saturated carbocycles. The van der Waals surface area contributed by atoms with Crippen molar-refractivity contribution in [3.05, 3.63) is 34.6 Å². The van der Waals surface area contributed by atoms with E-state index in [0.29, 0.717) is 18.7 Å². The summed E-state index contributed by atoms with van der Waals surface area (Å²) in [5, 5.41) is 3.36. The Morgan fingerprint density at radius 1 is 1.50 bits per heavy atom. The number of amides is 1. The van der Waals surface area contributed by atoms with Crippen LogP contribution in [0.1, 0.15) is 24.2 Å². The highest BCUT2D eigenvalue weighted by atomic mass is 35.5. The molecular weight excluding hydrogens is 255 g/mol. The molecule has 0 aliphatic carbocycles. The zero-order valence-electron chi connectivity index (χ0n) is 10.5. The van der Waals surface area contributed by atoms with Gasteiger partial charge in [0, 0.05) is 30.7 Å². The molecule has 1 heterocycles. The lowest BCUT2D eigenvalue weighted by atomic mass is 10.0. The van der Waals surface area contributed by atoms with Crippen molar-refractivity contribution >= 4 is 17.5 Å². The molecule has 1 saturated heterocycles. The molecule has 0 bridgehead atoms. The van der Waals surface area contributed by atoms with Gasteiger partial charge in [-0.15, -0.1) is 0 Å². The van der Waals surface area contributed by atoms with E-state index in [-0.39, 0.29) is 16.5 Å². The lowest BCUT2D eigenvalue weighted by Crippen LogP contribution is -2.58. The summed E-state index contributed by atoms with van der Waals surface area (Å²) in [6.45, 7) is 6.06. The summed E-state index contributed by atoms with van der Waals surface area (Å²) in [6.07, 6.45) is 0. The van der Waals surface area contributed by atoms with Crippen molar-refractivity contribution in [3.63, 3.8) is 0 Å². The molecule has 1 amide bonds. The van der Waals surface area contributed by atoms with E-state index in [1.807, 2.05) is 13.8 Å². The van der Waals surface area contributed by atoms with Gasteiger partial charge in [-0.2, -0.15) is 0 Å². The first-order valence-electron chi connectivity index (χ1n) is 5.88. The Kier molecular flexibility index (Phi) is 3.59. The molecule has 1 aromatic carbocycles. The van der Waals surface area contributed by atoms with E-state index in [2.05, 4.69) is 5.32 Å². The fourth-order valence-electron chi connectivity index (χ4n) is 2.13. The normalized spacial score (nSPS) is 18.8. The van der Waals surface area contributed by atoms with E-state index in [1.165, 1.54) is 12.1 Å². The van der Waals surface area contributed by atoms with Gasteiger partial charge in [-0.3, -0.25) is 4.79 Å². The third-order valence-electron chi connectivity index (χ3n) is 3.03. The summed E-state index contributed by atoms with van der Waals surface area (Å²) in [5.41, 5.74) is 0.230. The molecule has 1 aliphatic rings. The summed E-state index contributed by atoms with van der Waals surface area (Å²) >= 11 is 5.61. The molecule has 98 valence electrons. The monoisotopic (exact) mass is 270 g/mol. The van der Waals surface area contributed by atoms with Gasteiger partial charge in [0.25, 0.3) is 5.91 Å². The van der Waals surface area contributed by atoms with Crippen LogP contribution in [0.5, 0.6) is 0 Å². The Morgan fingerprint density at radius 3 is 2.83 bits per heavy atom. The maximum Gasteiger partial charge on any atom is 0.254 e. The number of nitrogens with one attached hydrogen (secondary N) is 1. The number of halogens is 2. The first kappa shape index (κ1) is 13.3. The Hall–Kier alpha value is -1.13. The first-order chi connectivity index (χ1) is 8.39. The molecule has 0 spiro atoms. The van der Waals surface area contributed by atoms with Crippen LogP contribution in [0.2, 0.25) is 5.02 Å². The van der Waals surface area contributed by atoms with Gasteiger partial charge in [-0.05, 0) is 32.0 Å². The summed E-state index contributed by atoms with van der Waals surface area (Å²) in [6, 6.07) is 4.17. The van der Waals surface area contributed by atoms with Gasteiger partial charge < -0.3 is 10.2 Å². The Balaban J connectivity index is 2.18. The van der Waals surface area contributed by atoms with Crippen molar-refractivity contribution in [2.45, 2.75) is 19.4 Å². The van der Waals surface area contributed by atoms with Gasteiger partial charge in [0.2, 0.25) is 0 Å². The number of benzene rings is 1. The second-order valence-corrected chi connectivity index (χ2v) is 5.57. The molecule has 1 N–H and O–H groups in total. The minimum absolute atomic E-state index is 0.0344. The number of nitrogens with zero attached hydrogens (tertiary/aromatic N) is 1. The standard InChI is InChI=1S/C13H16ClFN2O/c1-13(2)8-17(6-5-16-13)12(18)9-3-4-10(14)11(15)7-9/h3-4,7,16H,5-6,8H2,1-2H3. The number of carbonyl (C=O) groups excluding carboxylic acids is 1. The van der Waals surface area contributed by atoms with E-state index in [9.17, 15) is 9.18 Å². The van der Waals surface area contributed by atoms with E-state index < -0.39 is 5.82 Å². The van der Waals surface area contributed by atoms with E-state index in [0.717, 1.165) is 6.54 Å². The zero-order chi connectivity index (χ0) is 13.3. The van der Waals surface area contributed by atoms with Gasteiger partial charge in [-0.25, -0.2) is 4.39 Å². The van der Waals surface area contributed by atoms with Crippen LogP contribution in [0.15, 0.2) is 18.2 Å². The van der Waals surface area contributed by atoms with Crippen LogP contribution in [0.25, 0.3) is 0 Å². The maximum atomic E-state index is 13.3. The average molecular weight is 271 g/mol. The smallest absolute Gasteiger partial charge is 0.254 e. The highest BCUT2D eigenvalue weighted by molar-refractivity contribution is 6.30. The van der Waals surface area contributed by atoms with Crippen molar-refractivity contribution in [3.8, 4) is 0 Å². The molecule has 1 aliphatic heterocycles. The SMILES string of the molecule is CC1(C)CN(C(=O)c2ccc(Cl)c(F)c2)CCN1. The molecular formula is C13H16ClFN2O. The summed E-state index contributed by atoms with van der Waals surface area (Å²) in [7, 11) is 0. The Labute approximate surface area is 111 Å². The topological polar surface area (TPSA) is 32.3 Å². The highest BCUT2D eigenvalue weighted by Crippen LogP contribution is 2.18. The van der Waals surface area contributed by atoms with Gasteiger partial charge in [-0.1, -0.05) is 11.6 Å². The number of hydrogen-bond acceptors (Lipinski definition) is 2. The number of piperazine rings is 1. The average Bonchev–Trinajstić information content (AvgIpc) is 2.30. The molecule has 5 heteroatoms. The molecule has 0 atom stereocenters. The summed E-state index contributed by atoms with van der Waals surface area (Å²) in [5.74, 6) is -0.711. The van der Waals surface area contributed by atoms with Crippen molar-refractivity contribution < 1.29 is 9.18 Å². The van der Waals surface area contributed by atoms with Gasteiger partial charge in [0.05, 0.1) is 5.02 Å². The molecule has 0 radical (unpaired) electrons. The van der Waals surface area contributed by atoms with Crippen molar-refractivity contribution in [1.82, 2.24) is 10.2 Å². The Bertz CT molecular complexity index is 476. The molecule has 1 fully saturated rings. The maximum absolute atomic E-state index is 13.3. The third-order valence-corrected chi connectivity index (χ3v) is 3.33. The fourth-order valence-corrected chi connectivity index (χ4v) is 2.24. The predicted octanol–water partition coefficient (Wildman–Crippen LogP) is 2.30. The van der Waals surface area contributed by atoms with Gasteiger partial charge in [0.15, 0.2) is 0 Å². The summed E-state index contributed by atoms with van der Waals surface area (Å²) in [4.78, 5) is 14.0. The van der Waals surface area contributed by atoms with Gasteiger partial charge in [0.1, 0.15) is 5.82 Å². The van der Waals surface area contributed by atoms with E-state index in [4.69, 9.17) is 11.6 Å². The van der Waals surface area contributed by atoms with E-state index >= 15 is 0 Å². The molecule has 3 nitrogen and oxygen atoms in total. The molecule has 1 aromatic rings. The molecule has 0 aromatic heterocycles. The van der Waals surface area contributed by atoms with Crippen LogP contribution in [0.3, 0.4) is 0 Å². The van der Waals surface area contributed by atoms with Crippen molar-refractivity contribution in [2.24, 2.45) is 0 Å². The summed E-state index contributed by atoms with van der Waals surface area (Å²) < 4.78 is 13.3. The quantitative estimate of drug-likeness (QED) is 0.849. The fraction of sp³-hybridized carbons (Fsp3) is 0.462. The number of hydrogen-bond donors (Lipinski definition) is 1. The largest absolute Gasteiger partial charge is 0.336 e. The van der Waals surface area contributed by atoms with Crippen molar-refractivity contribution in [2.75, 3.05) is 19.6 Å². The first-order valence-corrected chi connectivity index (χ1v) is 6.26. The predicted molar refractivity (Wildman–Crippen MR) is 69.4 cm³/mol. The van der Waals surface area contributed by atoms with E-state index in [1.54, 1.807) is 11.0 Å². The second kappa shape index (κ2) is 4.86. The number of rotatable bonds is 1. The van der Waals surface area contributed by atoms with Crippen LogP contribution in [0.4, 0.5) is 4.39 Å². The van der Waals surface area contributed by atoms with Crippen LogP contribution in [-0.4, -0.2) is 36.0 Å². The molecule has 2 rings (SSSR count). The third kappa shape index (κ3) is 2.82. The zero-order valence-corrected chi connectivity index (χ0v) is 11.2. The van der Waals surface area contributed by atoms with Crippen molar-refractivity contribution in [1.29, 1.82) is 0 Å². The second-order valence-electron chi connectivity index (χ2n) is 5.17. The minimum Gasteiger partial charge on any atom is -0.336 e. The molecule has 0 unspecified atom stereocenters. The van der Waals surface area contributed by atoms with Crippen LogP contribution < -0.4 is 5.32 Å². The Morgan fingerprint density at radius 2 is 2.22 bits per heavy atom. The van der Waals surface area contributed by atoms with Crippen LogP contribution in [-0.2, 0) is 0 Å². The highest BCUT2D eigenvalue weighted by Gasteiger charge is 2.29. The molecule has 18 heavy (non-hydrogen) atoms.